The van der Waals surface area contributed by atoms with Crippen molar-refractivity contribution in [1.29, 1.82) is 0 Å². The second kappa shape index (κ2) is 9.46. The molecule has 0 aliphatic carbocycles. The number of hydrogen-bond donors (Lipinski definition) is 2. The van der Waals surface area contributed by atoms with Crippen molar-refractivity contribution in [2.24, 2.45) is 11.0 Å². The number of hydrazone groups is 1. The fourth-order valence-electron chi connectivity index (χ4n) is 2.47. The average Bonchev–Trinajstić information content (AvgIpc) is 2.68. The molecule has 0 aliphatic heterocycles. The Morgan fingerprint density at radius 1 is 1.00 bits per heavy atom. The molecule has 136 valence electrons. The second-order valence-electron chi connectivity index (χ2n) is 5.95. The molecule has 0 saturated heterocycles. The van der Waals surface area contributed by atoms with Crippen LogP contribution in [0.1, 0.15) is 49.5 Å². The highest BCUT2D eigenvalue weighted by molar-refractivity contribution is 6.01. The zero-order chi connectivity index (χ0) is 18.9. The minimum absolute atomic E-state index is 0.0291. The molecule has 2 rings (SSSR count). The van der Waals surface area contributed by atoms with Gasteiger partial charge >= 0.3 is 0 Å². The molecular weight excluding hydrogens is 328 g/mol. The van der Waals surface area contributed by atoms with E-state index in [1.807, 2.05) is 45.0 Å². The standard InChI is InChI=1S/C20H24N4O2/c1-4-15(5-2)19(25)22-18-8-6-16(7-9-18)14(3)23-24-20(26)17-10-12-21-13-11-17/h6-13,15H,4-5H2,1-3H3,(H,22,25)(H,24,26)/b23-14-. The van der Waals surface area contributed by atoms with Gasteiger partial charge in [0, 0.05) is 29.6 Å². The zero-order valence-corrected chi connectivity index (χ0v) is 15.3. The van der Waals surface area contributed by atoms with Crippen molar-refractivity contribution in [2.75, 3.05) is 5.32 Å². The van der Waals surface area contributed by atoms with Crippen LogP contribution in [0.5, 0.6) is 0 Å². The Kier molecular flexibility index (Phi) is 7.02. The van der Waals surface area contributed by atoms with E-state index in [1.54, 1.807) is 24.5 Å². The molecule has 0 spiro atoms. The van der Waals surface area contributed by atoms with E-state index in [0.717, 1.165) is 24.1 Å². The SMILES string of the molecule is CCC(CC)C(=O)Nc1ccc(/C(C)=N\NC(=O)c2ccncc2)cc1. The molecule has 2 N–H and O–H groups in total. The van der Waals surface area contributed by atoms with Gasteiger partial charge in [-0.15, -0.1) is 0 Å². The van der Waals surface area contributed by atoms with Crippen LogP contribution in [-0.4, -0.2) is 22.5 Å². The molecule has 1 heterocycles. The summed E-state index contributed by atoms with van der Waals surface area (Å²) in [5.41, 5.74) is 5.30. The second-order valence-corrected chi connectivity index (χ2v) is 5.95. The summed E-state index contributed by atoms with van der Waals surface area (Å²) >= 11 is 0. The first-order valence-electron chi connectivity index (χ1n) is 8.71. The third-order valence-electron chi connectivity index (χ3n) is 4.19. The summed E-state index contributed by atoms with van der Waals surface area (Å²) in [4.78, 5) is 28.0. The maximum absolute atomic E-state index is 12.1. The van der Waals surface area contributed by atoms with E-state index in [9.17, 15) is 9.59 Å². The van der Waals surface area contributed by atoms with Gasteiger partial charge in [-0.25, -0.2) is 5.43 Å². The molecule has 0 saturated carbocycles. The molecule has 0 radical (unpaired) electrons. The first-order chi connectivity index (χ1) is 12.5. The van der Waals surface area contributed by atoms with Crippen LogP contribution in [0.25, 0.3) is 0 Å². The zero-order valence-electron chi connectivity index (χ0n) is 15.3. The van der Waals surface area contributed by atoms with Gasteiger partial charge in [-0.2, -0.15) is 5.10 Å². The van der Waals surface area contributed by atoms with Crippen molar-refractivity contribution >= 4 is 23.2 Å². The van der Waals surface area contributed by atoms with Crippen molar-refractivity contribution in [3.8, 4) is 0 Å². The highest BCUT2D eigenvalue weighted by atomic mass is 16.2. The summed E-state index contributed by atoms with van der Waals surface area (Å²) in [6.07, 6.45) is 4.76. The van der Waals surface area contributed by atoms with Crippen LogP contribution in [-0.2, 0) is 4.79 Å². The largest absolute Gasteiger partial charge is 0.326 e. The number of amides is 2. The third-order valence-corrected chi connectivity index (χ3v) is 4.19. The predicted octanol–water partition coefficient (Wildman–Crippen LogP) is 3.61. The summed E-state index contributed by atoms with van der Waals surface area (Å²) in [5, 5.41) is 7.05. The number of benzene rings is 1. The van der Waals surface area contributed by atoms with Crippen molar-refractivity contribution < 1.29 is 9.59 Å². The summed E-state index contributed by atoms with van der Waals surface area (Å²) < 4.78 is 0. The first kappa shape index (κ1) is 19.3. The van der Waals surface area contributed by atoms with Crippen molar-refractivity contribution in [3.63, 3.8) is 0 Å². The third kappa shape index (κ3) is 5.24. The number of carbonyl (C=O) groups excluding carboxylic acids is 2. The Morgan fingerprint density at radius 2 is 1.62 bits per heavy atom. The summed E-state index contributed by atoms with van der Waals surface area (Å²) in [6.45, 7) is 5.83. The van der Waals surface area contributed by atoms with Gasteiger partial charge in [0.15, 0.2) is 0 Å². The first-order valence-corrected chi connectivity index (χ1v) is 8.71. The van der Waals surface area contributed by atoms with Crippen LogP contribution < -0.4 is 10.7 Å². The Balaban J connectivity index is 1.98. The van der Waals surface area contributed by atoms with Gasteiger partial charge in [0.25, 0.3) is 5.91 Å². The van der Waals surface area contributed by atoms with Gasteiger partial charge in [0.05, 0.1) is 5.71 Å². The number of nitrogens with zero attached hydrogens (tertiary/aromatic N) is 2. The summed E-state index contributed by atoms with van der Waals surface area (Å²) in [7, 11) is 0. The van der Waals surface area contributed by atoms with Crippen LogP contribution >= 0.6 is 0 Å². The van der Waals surface area contributed by atoms with Gasteiger partial charge in [-0.05, 0) is 49.6 Å². The van der Waals surface area contributed by atoms with Crippen molar-refractivity contribution in [1.82, 2.24) is 10.4 Å². The number of rotatable bonds is 7. The predicted molar refractivity (Wildman–Crippen MR) is 103 cm³/mol. The van der Waals surface area contributed by atoms with E-state index in [1.165, 1.54) is 0 Å². The highest BCUT2D eigenvalue weighted by Gasteiger charge is 2.14. The minimum atomic E-state index is -0.291. The molecule has 1 aromatic heterocycles. The molecule has 2 aromatic rings. The van der Waals surface area contributed by atoms with Gasteiger partial charge in [0.2, 0.25) is 5.91 Å². The Bertz CT molecular complexity index is 766. The molecular formula is C20H24N4O2. The van der Waals surface area contributed by atoms with Crippen LogP contribution in [0.2, 0.25) is 0 Å². The van der Waals surface area contributed by atoms with E-state index in [0.29, 0.717) is 11.3 Å². The molecule has 0 aliphatic rings. The molecule has 0 unspecified atom stereocenters. The van der Waals surface area contributed by atoms with E-state index in [4.69, 9.17) is 0 Å². The van der Waals surface area contributed by atoms with E-state index < -0.39 is 0 Å². The fraction of sp³-hybridized carbons (Fsp3) is 0.300. The molecule has 26 heavy (non-hydrogen) atoms. The molecule has 1 aromatic carbocycles. The summed E-state index contributed by atoms with van der Waals surface area (Å²) in [6, 6.07) is 10.6. The number of aromatic nitrogens is 1. The number of hydrogen-bond acceptors (Lipinski definition) is 4. The van der Waals surface area contributed by atoms with Gasteiger partial charge in [0.1, 0.15) is 0 Å². The van der Waals surface area contributed by atoms with Gasteiger partial charge < -0.3 is 5.32 Å². The highest BCUT2D eigenvalue weighted by Crippen LogP contribution is 2.14. The Hall–Kier alpha value is -3.02. The van der Waals surface area contributed by atoms with Gasteiger partial charge in [-0.1, -0.05) is 26.0 Å². The number of pyridine rings is 1. The maximum Gasteiger partial charge on any atom is 0.271 e. The van der Waals surface area contributed by atoms with E-state index >= 15 is 0 Å². The molecule has 6 nitrogen and oxygen atoms in total. The molecule has 2 amide bonds. The molecule has 0 atom stereocenters. The average molecular weight is 352 g/mol. The monoisotopic (exact) mass is 352 g/mol. The number of nitrogens with one attached hydrogen (secondary N) is 2. The van der Waals surface area contributed by atoms with Crippen LogP contribution in [0.4, 0.5) is 5.69 Å². The lowest BCUT2D eigenvalue weighted by Crippen LogP contribution is -2.21. The summed E-state index contributed by atoms with van der Waals surface area (Å²) in [5.74, 6) is -0.222. The fourth-order valence-corrected chi connectivity index (χ4v) is 2.47. The number of anilines is 1. The van der Waals surface area contributed by atoms with E-state index in [2.05, 4.69) is 20.8 Å². The lowest BCUT2D eigenvalue weighted by atomic mass is 10.0. The quantitative estimate of drug-likeness (QED) is 0.590. The number of carbonyl (C=O) groups is 2. The lowest BCUT2D eigenvalue weighted by molar-refractivity contribution is -0.120. The van der Waals surface area contributed by atoms with Crippen molar-refractivity contribution in [3.05, 3.63) is 59.9 Å². The van der Waals surface area contributed by atoms with Gasteiger partial charge in [-0.3, -0.25) is 14.6 Å². The molecule has 0 fully saturated rings. The smallest absolute Gasteiger partial charge is 0.271 e. The molecule has 0 bridgehead atoms. The van der Waals surface area contributed by atoms with Crippen LogP contribution in [0.3, 0.4) is 0 Å². The normalized spacial score (nSPS) is 11.3. The minimum Gasteiger partial charge on any atom is -0.326 e. The Morgan fingerprint density at radius 3 is 2.19 bits per heavy atom. The topological polar surface area (TPSA) is 83.5 Å². The van der Waals surface area contributed by atoms with E-state index in [-0.39, 0.29) is 17.7 Å². The Labute approximate surface area is 153 Å². The lowest BCUT2D eigenvalue weighted by Gasteiger charge is -2.13. The van der Waals surface area contributed by atoms with Crippen molar-refractivity contribution in [2.45, 2.75) is 33.6 Å². The molecule has 6 heteroatoms. The van der Waals surface area contributed by atoms with Crippen LogP contribution in [0, 0.1) is 5.92 Å². The van der Waals surface area contributed by atoms with Crippen LogP contribution in [0.15, 0.2) is 53.9 Å². The maximum atomic E-state index is 12.1.